The van der Waals surface area contributed by atoms with Gasteiger partial charge >= 0.3 is 0 Å². The highest BCUT2D eigenvalue weighted by atomic mass is 35.5. The largest absolute Gasteiger partial charge is 0.490 e. The van der Waals surface area contributed by atoms with Crippen molar-refractivity contribution < 1.29 is 14.3 Å². The summed E-state index contributed by atoms with van der Waals surface area (Å²) in [6.07, 6.45) is 1.62. The summed E-state index contributed by atoms with van der Waals surface area (Å²) in [5, 5.41) is 1.67. The van der Waals surface area contributed by atoms with Crippen molar-refractivity contribution in [3.05, 3.63) is 63.1 Å². The zero-order valence-electron chi connectivity index (χ0n) is 21.5. The number of nitrogens with zero attached hydrogens (tertiary/aromatic N) is 3. The summed E-state index contributed by atoms with van der Waals surface area (Å²) in [4.78, 5) is 31.1. The van der Waals surface area contributed by atoms with Crippen molar-refractivity contribution in [1.29, 1.82) is 0 Å². The van der Waals surface area contributed by atoms with Gasteiger partial charge in [-0.25, -0.2) is 0 Å². The number of ether oxygens (including phenoxy) is 1. The molecule has 2 unspecified atom stereocenters. The van der Waals surface area contributed by atoms with Crippen molar-refractivity contribution in [3.63, 3.8) is 0 Å². The molecule has 2 amide bonds. The molecule has 2 aliphatic heterocycles. The lowest BCUT2D eigenvalue weighted by Gasteiger charge is -2.36. The van der Waals surface area contributed by atoms with Gasteiger partial charge in [0.1, 0.15) is 11.9 Å². The number of carbonyl (C=O) groups is 2. The molecule has 0 N–H and O–H groups in total. The molecule has 9 heteroatoms. The second-order valence-electron chi connectivity index (χ2n) is 10.2. The molecule has 0 aromatic heterocycles. The maximum Gasteiger partial charge on any atom is 0.236 e. The van der Waals surface area contributed by atoms with Gasteiger partial charge in [-0.2, -0.15) is 0 Å². The van der Waals surface area contributed by atoms with Gasteiger partial charge in [-0.1, -0.05) is 40.9 Å². The van der Waals surface area contributed by atoms with E-state index in [0.29, 0.717) is 34.7 Å². The molecule has 6 nitrogen and oxygen atoms in total. The summed E-state index contributed by atoms with van der Waals surface area (Å²) in [5.41, 5.74) is 1.05. The zero-order chi connectivity index (χ0) is 26.7. The van der Waals surface area contributed by atoms with Gasteiger partial charge < -0.3 is 14.5 Å². The molecule has 3 atom stereocenters. The van der Waals surface area contributed by atoms with E-state index in [9.17, 15) is 9.59 Å². The average Bonchev–Trinajstić information content (AvgIpc) is 3.33. The average molecular weight is 567 g/mol. The minimum Gasteiger partial charge on any atom is -0.490 e. The molecule has 0 spiro atoms. The Balaban J connectivity index is 1.44. The first-order valence-electron chi connectivity index (χ1n) is 12.7. The molecule has 4 rings (SSSR count). The molecular weight excluding hydrogens is 533 g/mol. The van der Waals surface area contributed by atoms with Crippen molar-refractivity contribution in [2.75, 3.05) is 39.8 Å². The Hall–Kier alpha value is -1.99. The number of piperidine rings is 1. The number of hydrogen-bond acceptors (Lipinski definition) is 4. The Morgan fingerprint density at radius 1 is 1.03 bits per heavy atom. The second-order valence-corrected chi connectivity index (χ2v) is 11.4. The van der Waals surface area contributed by atoms with E-state index < -0.39 is 0 Å². The van der Waals surface area contributed by atoms with Crippen LogP contribution in [0.5, 0.6) is 5.75 Å². The van der Waals surface area contributed by atoms with E-state index in [1.807, 2.05) is 66.2 Å². The molecule has 2 aliphatic rings. The van der Waals surface area contributed by atoms with Crippen molar-refractivity contribution in [2.45, 2.75) is 44.8 Å². The Kier molecular flexibility index (Phi) is 9.28. The first-order chi connectivity index (χ1) is 17.6. The van der Waals surface area contributed by atoms with Gasteiger partial charge in [-0.15, -0.1) is 0 Å². The topological polar surface area (TPSA) is 53.1 Å². The monoisotopic (exact) mass is 565 g/mol. The van der Waals surface area contributed by atoms with Gasteiger partial charge in [0.25, 0.3) is 0 Å². The molecule has 2 saturated heterocycles. The van der Waals surface area contributed by atoms with Crippen molar-refractivity contribution >= 4 is 46.6 Å². The van der Waals surface area contributed by atoms with Crippen LogP contribution in [0.3, 0.4) is 0 Å². The van der Waals surface area contributed by atoms with Crippen molar-refractivity contribution in [3.8, 4) is 5.75 Å². The summed E-state index contributed by atoms with van der Waals surface area (Å²) in [7, 11) is 1.86. The lowest BCUT2D eigenvalue weighted by atomic mass is 9.85. The van der Waals surface area contributed by atoms with Gasteiger partial charge in [-0.05, 0) is 61.7 Å². The highest BCUT2D eigenvalue weighted by Crippen LogP contribution is 2.38. The Bertz CT molecular complexity index is 1110. The van der Waals surface area contributed by atoms with Crippen LogP contribution in [0.1, 0.15) is 38.2 Å². The number of rotatable bonds is 7. The lowest BCUT2D eigenvalue weighted by Crippen LogP contribution is -2.48. The summed E-state index contributed by atoms with van der Waals surface area (Å²) in [6.45, 7) is 6.83. The van der Waals surface area contributed by atoms with E-state index in [1.54, 1.807) is 6.92 Å². The van der Waals surface area contributed by atoms with Crippen LogP contribution in [-0.2, 0) is 9.59 Å². The number of halogens is 3. The minimum atomic E-state index is -0.142. The van der Waals surface area contributed by atoms with Gasteiger partial charge in [0.05, 0.1) is 16.6 Å². The Morgan fingerprint density at radius 3 is 2.32 bits per heavy atom. The van der Waals surface area contributed by atoms with Crippen LogP contribution in [0, 0.1) is 5.92 Å². The summed E-state index contributed by atoms with van der Waals surface area (Å²) in [6, 6.07) is 13.3. The van der Waals surface area contributed by atoms with Crippen LogP contribution in [0.2, 0.25) is 15.1 Å². The molecule has 0 bridgehead atoms. The molecular formula is C28H34Cl3N3O3. The minimum absolute atomic E-state index is 0.0657. The van der Waals surface area contributed by atoms with Crippen LogP contribution < -0.4 is 4.74 Å². The highest BCUT2D eigenvalue weighted by molar-refractivity contribution is 6.42. The summed E-state index contributed by atoms with van der Waals surface area (Å²) >= 11 is 18.6. The predicted molar refractivity (Wildman–Crippen MR) is 149 cm³/mol. The van der Waals surface area contributed by atoms with Gasteiger partial charge in [0, 0.05) is 63.1 Å². The van der Waals surface area contributed by atoms with Crippen LogP contribution in [0.15, 0.2) is 42.5 Å². The maximum atomic E-state index is 13.4. The fourth-order valence-electron chi connectivity index (χ4n) is 5.43. The molecule has 2 aromatic rings. The first kappa shape index (κ1) is 28.0. The van der Waals surface area contributed by atoms with Crippen molar-refractivity contribution in [2.24, 2.45) is 5.92 Å². The van der Waals surface area contributed by atoms with E-state index in [1.165, 1.54) is 0 Å². The SMILES string of the molecule is CC(=O)N(C)C1CCN(CC(=O)N2CC(C(C)Oc3ccc(Cl)cc3)[C@H](c3ccc(Cl)c(Cl)c3)C2)CC1. The molecule has 0 saturated carbocycles. The van der Waals surface area contributed by atoms with E-state index in [4.69, 9.17) is 39.5 Å². The Labute approximate surface area is 234 Å². The number of benzene rings is 2. The summed E-state index contributed by atoms with van der Waals surface area (Å²) in [5.74, 6) is 1.08. The first-order valence-corrected chi connectivity index (χ1v) is 13.9. The third-order valence-corrected chi connectivity index (χ3v) is 8.78. The van der Waals surface area contributed by atoms with Gasteiger partial charge in [0.15, 0.2) is 0 Å². The molecule has 2 fully saturated rings. The van der Waals surface area contributed by atoms with E-state index in [-0.39, 0.29) is 35.8 Å². The highest BCUT2D eigenvalue weighted by Gasteiger charge is 2.40. The smallest absolute Gasteiger partial charge is 0.236 e. The van der Waals surface area contributed by atoms with Gasteiger partial charge in [0.2, 0.25) is 11.8 Å². The molecule has 2 aromatic carbocycles. The standard InChI is InChI=1S/C28H34Cl3N3O3/c1-18(37-23-7-5-21(29)6-8-23)24-15-34(16-25(24)20-4-9-26(30)27(31)14-20)28(36)17-33-12-10-22(11-13-33)32(3)19(2)35/h4-9,14,18,22,24-25H,10-13,15-17H2,1-3H3/t18?,24?,25-/m0/s1. The maximum absolute atomic E-state index is 13.4. The third-order valence-electron chi connectivity index (χ3n) is 7.79. The summed E-state index contributed by atoms with van der Waals surface area (Å²) < 4.78 is 6.29. The number of likely N-dealkylation sites (tertiary alicyclic amines) is 2. The zero-order valence-corrected chi connectivity index (χ0v) is 23.8. The van der Waals surface area contributed by atoms with E-state index >= 15 is 0 Å². The molecule has 0 radical (unpaired) electrons. The van der Waals surface area contributed by atoms with Crippen LogP contribution >= 0.6 is 34.8 Å². The van der Waals surface area contributed by atoms with Crippen molar-refractivity contribution in [1.82, 2.24) is 14.7 Å². The molecule has 37 heavy (non-hydrogen) atoms. The van der Waals surface area contributed by atoms with Crippen LogP contribution in [0.4, 0.5) is 0 Å². The number of hydrogen-bond donors (Lipinski definition) is 0. The number of amides is 2. The normalized spacial score (nSPS) is 21.6. The number of carbonyl (C=O) groups excluding carboxylic acids is 2. The quantitative estimate of drug-likeness (QED) is 0.438. The third kappa shape index (κ3) is 6.91. The Morgan fingerprint density at radius 2 is 1.70 bits per heavy atom. The molecule has 2 heterocycles. The fraction of sp³-hybridized carbons (Fsp3) is 0.500. The van der Waals surface area contributed by atoms with Crippen LogP contribution in [0.25, 0.3) is 0 Å². The lowest BCUT2D eigenvalue weighted by molar-refractivity contribution is -0.134. The molecule has 200 valence electrons. The van der Waals surface area contributed by atoms with E-state index in [0.717, 1.165) is 37.2 Å². The van der Waals surface area contributed by atoms with Crippen LogP contribution in [-0.4, -0.2) is 78.4 Å². The predicted octanol–water partition coefficient (Wildman–Crippen LogP) is 5.60. The second kappa shape index (κ2) is 12.2. The molecule has 0 aliphatic carbocycles. The fourth-order valence-corrected chi connectivity index (χ4v) is 5.86. The van der Waals surface area contributed by atoms with E-state index in [2.05, 4.69) is 4.90 Å². The van der Waals surface area contributed by atoms with Gasteiger partial charge in [-0.3, -0.25) is 14.5 Å².